The van der Waals surface area contributed by atoms with Gasteiger partial charge in [0, 0.05) is 29.1 Å². The Kier molecular flexibility index (Phi) is 7.28. The zero-order valence-corrected chi connectivity index (χ0v) is 17.3. The molecule has 3 aromatic rings. The molecule has 1 atom stereocenters. The highest BCUT2D eigenvalue weighted by molar-refractivity contribution is 6.06. The molecule has 3 rings (SSSR count). The molecule has 0 radical (unpaired) electrons. The average Bonchev–Trinajstić information content (AvgIpc) is 2.73. The summed E-state index contributed by atoms with van der Waals surface area (Å²) in [7, 11) is 0. The van der Waals surface area contributed by atoms with Gasteiger partial charge in [0.05, 0.1) is 6.10 Å². The van der Waals surface area contributed by atoms with E-state index in [1.54, 1.807) is 24.3 Å². The Hall–Kier alpha value is -3.53. The van der Waals surface area contributed by atoms with Crippen molar-refractivity contribution in [2.75, 3.05) is 11.5 Å². The molecule has 0 aromatic heterocycles. The van der Waals surface area contributed by atoms with E-state index in [-0.39, 0.29) is 11.9 Å². The number of benzene rings is 3. The monoisotopic (exact) mass is 400 g/mol. The Morgan fingerprint density at radius 3 is 2.30 bits per heavy atom. The van der Waals surface area contributed by atoms with E-state index >= 15 is 0 Å². The molecule has 0 aliphatic carbocycles. The fourth-order valence-corrected chi connectivity index (χ4v) is 3.26. The molecule has 0 fully saturated rings. The summed E-state index contributed by atoms with van der Waals surface area (Å²) in [6.45, 7) is 2.05. The second kappa shape index (κ2) is 10.3. The molecule has 4 N–H and O–H groups in total. The number of ketones is 1. The lowest BCUT2D eigenvalue weighted by atomic mass is 10.0. The third-order valence-corrected chi connectivity index (χ3v) is 4.83. The van der Waals surface area contributed by atoms with E-state index in [0.717, 1.165) is 24.8 Å². The van der Waals surface area contributed by atoms with E-state index in [1.807, 2.05) is 48.5 Å². The number of allylic oxidation sites excluding steroid dienone is 1. The van der Waals surface area contributed by atoms with Crippen LogP contribution in [0.2, 0.25) is 0 Å². The zero-order valence-electron chi connectivity index (χ0n) is 17.3. The van der Waals surface area contributed by atoms with Crippen molar-refractivity contribution in [3.8, 4) is 5.75 Å². The van der Waals surface area contributed by atoms with E-state index in [9.17, 15) is 4.79 Å². The van der Waals surface area contributed by atoms with Crippen molar-refractivity contribution in [1.29, 1.82) is 0 Å². The molecule has 30 heavy (non-hydrogen) atoms. The van der Waals surface area contributed by atoms with Gasteiger partial charge >= 0.3 is 0 Å². The maximum Gasteiger partial charge on any atom is 0.185 e. The Morgan fingerprint density at radius 1 is 0.967 bits per heavy atom. The van der Waals surface area contributed by atoms with E-state index in [4.69, 9.17) is 16.2 Å². The summed E-state index contributed by atoms with van der Waals surface area (Å²) in [5.74, 6) is 0.719. The van der Waals surface area contributed by atoms with Gasteiger partial charge in [-0.25, -0.2) is 0 Å². The molecule has 4 heteroatoms. The minimum absolute atomic E-state index is 0.00981. The summed E-state index contributed by atoms with van der Waals surface area (Å²) in [4.78, 5) is 12.1. The van der Waals surface area contributed by atoms with Crippen LogP contribution < -0.4 is 16.2 Å². The number of nitrogen functional groups attached to an aromatic ring is 2. The first-order chi connectivity index (χ1) is 14.5. The van der Waals surface area contributed by atoms with Crippen LogP contribution in [0.25, 0.3) is 6.08 Å². The van der Waals surface area contributed by atoms with Gasteiger partial charge in [0.25, 0.3) is 0 Å². The van der Waals surface area contributed by atoms with Crippen molar-refractivity contribution >= 4 is 23.2 Å². The Labute approximate surface area is 178 Å². The lowest BCUT2D eigenvalue weighted by Crippen LogP contribution is -2.12. The van der Waals surface area contributed by atoms with Crippen molar-refractivity contribution in [1.82, 2.24) is 0 Å². The second-order valence-electron chi connectivity index (χ2n) is 7.46. The predicted octanol–water partition coefficient (Wildman–Crippen LogP) is 5.54. The number of aryl methyl sites for hydroxylation is 1. The molecule has 0 heterocycles. The highest BCUT2D eigenvalue weighted by Crippen LogP contribution is 2.22. The minimum Gasteiger partial charge on any atom is -0.491 e. The van der Waals surface area contributed by atoms with Crippen LogP contribution in [0.1, 0.15) is 41.3 Å². The summed E-state index contributed by atoms with van der Waals surface area (Å²) in [6.07, 6.45) is 6.47. The molecule has 1 unspecified atom stereocenters. The van der Waals surface area contributed by atoms with E-state index < -0.39 is 0 Å². The van der Waals surface area contributed by atoms with Crippen LogP contribution in [0.3, 0.4) is 0 Å². The minimum atomic E-state index is 0.00981. The lowest BCUT2D eigenvalue weighted by Gasteiger charge is -2.15. The number of hydrogen-bond donors (Lipinski definition) is 2. The standard InChI is InChI=1S/C26H28N2O2/c1-19(30-25-17-23(27)16-24(28)18-25)6-5-7-20-10-12-21(13-11-20)14-15-26(29)22-8-3-2-4-9-22/h2-4,8-19H,5-7,27-28H2,1H3. The van der Waals surface area contributed by atoms with Gasteiger partial charge in [0.15, 0.2) is 5.78 Å². The van der Waals surface area contributed by atoms with Crippen molar-refractivity contribution < 1.29 is 9.53 Å². The van der Waals surface area contributed by atoms with Gasteiger partial charge in [-0.15, -0.1) is 0 Å². The van der Waals surface area contributed by atoms with Crippen molar-refractivity contribution in [2.24, 2.45) is 0 Å². The first-order valence-electron chi connectivity index (χ1n) is 10.2. The van der Waals surface area contributed by atoms with Crippen LogP contribution in [0, 0.1) is 0 Å². The summed E-state index contributed by atoms with van der Waals surface area (Å²) in [6, 6.07) is 22.9. The molecule has 0 spiro atoms. The largest absolute Gasteiger partial charge is 0.491 e. The molecule has 0 amide bonds. The molecule has 4 nitrogen and oxygen atoms in total. The van der Waals surface area contributed by atoms with Crippen LogP contribution >= 0.6 is 0 Å². The maximum absolute atomic E-state index is 12.1. The number of anilines is 2. The number of carbonyl (C=O) groups excluding carboxylic acids is 1. The third kappa shape index (κ3) is 6.52. The van der Waals surface area contributed by atoms with Gasteiger partial charge in [-0.3, -0.25) is 4.79 Å². The quantitative estimate of drug-likeness (QED) is 0.281. The maximum atomic E-state index is 12.1. The normalized spacial score (nSPS) is 12.0. The predicted molar refractivity (Wildman–Crippen MR) is 125 cm³/mol. The Bertz CT molecular complexity index is 975. The van der Waals surface area contributed by atoms with E-state index in [1.165, 1.54) is 5.56 Å². The third-order valence-electron chi connectivity index (χ3n) is 4.83. The number of rotatable bonds is 9. The van der Waals surface area contributed by atoms with Gasteiger partial charge in [-0.05, 0) is 49.5 Å². The van der Waals surface area contributed by atoms with Gasteiger partial charge < -0.3 is 16.2 Å². The van der Waals surface area contributed by atoms with Gasteiger partial charge in [0.1, 0.15) is 5.75 Å². The van der Waals surface area contributed by atoms with Gasteiger partial charge in [0.2, 0.25) is 0 Å². The van der Waals surface area contributed by atoms with Crippen molar-refractivity contribution in [3.05, 3.63) is 95.6 Å². The van der Waals surface area contributed by atoms with E-state index in [0.29, 0.717) is 22.7 Å². The zero-order chi connectivity index (χ0) is 21.3. The summed E-state index contributed by atoms with van der Waals surface area (Å²) in [5, 5.41) is 0. The summed E-state index contributed by atoms with van der Waals surface area (Å²) in [5.41, 5.74) is 15.8. The van der Waals surface area contributed by atoms with Gasteiger partial charge in [-0.1, -0.05) is 60.7 Å². The van der Waals surface area contributed by atoms with Crippen LogP contribution in [0.15, 0.2) is 78.9 Å². The van der Waals surface area contributed by atoms with Crippen LogP contribution in [0.5, 0.6) is 5.75 Å². The molecular formula is C26H28N2O2. The molecular weight excluding hydrogens is 372 g/mol. The number of hydrogen-bond acceptors (Lipinski definition) is 4. The van der Waals surface area contributed by atoms with Crippen LogP contribution in [-0.2, 0) is 6.42 Å². The topological polar surface area (TPSA) is 78.3 Å². The second-order valence-corrected chi connectivity index (χ2v) is 7.46. The van der Waals surface area contributed by atoms with Gasteiger partial charge in [-0.2, -0.15) is 0 Å². The highest BCUT2D eigenvalue weighted by atomic mass is 16.5. The molecule has 0 aliphatic rings. The van der Waals surface area contributed by atoms with Crippen LogP contribution in [0.4, 0.5) is 11.4 Å². The van der Waals surface area contributed by atoms with E-state index in [2.05, 4.69) is 19.1 Å². The number of carbonyl (C=O) groups is 1. The fraction of sp³-hybridized carbons (Fsp3) is 0.192. The Balaban J connectivity index is 1.45. The molecule has 0 saturated heterocycles. The SMILES string of the molecule is CC(CCCc1ccc(C=CC(=O)c2ccccc2)cc1)Oc1cc(N)cc(N)c1. The molecule has 0 saturated carbocycles. The summed E-state index contributed by atoms with van der Waals surface area (Å²) < 4.78 is 5.92. The molecule has 0 bridgehead atoms. The van der Waals surface area contributed by atoms with Crippen molar-refractivity contribution in [2.45, 2.75) is 32.3 Å². The first-order valence-corrected chi connectivity index (χ1v) is 10.2. The number of ether oxygens (including phenoxy) is 1. The van der Waals surface area contributed by atoms with Crippen molar-refractivity contribution in [3.63, 3.8) is 0 Å². The first kappa shape index (κ1) is 21.2. The molecule has 154 valence electrons. The molecule has 0 aliphatic heterocycles. The number of nitrogens with two attached hydrogens (primary N) is 2. The highest BCUT2D eigenvalue weighted by Gasteiger charge is 2.06. The Morgan fingerprint density at radius 2 is 1.63 bits per heavy atom. The fourth-order valence-electron chi connectivity index (χ4n) is 3.26. The molecule has 3 aromatic carbocycles. The summed E-state index contributed by atoms with van der Waals surface area (Å²) >= 11 is 0. The average molecular weight is 401 g/mol. The lowest BCUT2D eigenvalue weighted by molar-refractivity contribution is 0.104. The smallest absolute Gasteiger partial charge is 0.185 e. The van der Waals surface area contributed by atoms with Crippen LogP contribution in [-0.4, -0.2) is 11.9 Å².